The molecule has 0 saturated heterocycles. The van der Waals surface area contributed by atoms with Crippen LogP contribution in [0, 0.1) is 0 Å². The van der Waals surface area contributed by atoms with Crippen LogP contribution in [0.4, 0.5) is 0 Å². The number of nitrogens with one attached hydrogen (secondary N) is 2. The molecule has 0 aliphatic heterocycles. The van der Waals surface area contributed by atoms with Gasteiger partial charge in [0.05, 0.1) is 10.5 Å². The Morgan fingerprint density at radius 2 is 1.00 bits per heavy atom. The van der Waals surface area contributed by atoms with Crippen molar-refractivity contribution in [1.29, 1.82) is 0 Å². The maximum Gasteiger partial charge on any atom is 0.0585 e. The van der Waals surface area contributed by atoms with Crippen molar-refractivity contribution in [3.63, 3.8) is 0 Å². The Balaban J connectivity index is 2.22. The first-order valence-corrected chi connectivity index (χ1v) is 15.8. The zero-order valence-corrected chi connectivity index (χ0v) is 24.8. The van der Waals surface area contributed by atoms with Gasteiger partial charge in [-0.15, -0.1) is 0 Å². The van der Waals surface area contributed by atoms with Crippen molar-refractivity contribution in [3.8, 4) is 0 Å². The Bertz CT molecular complexity index is 728. The molecule has 2 N–H and O–H groups in total. The fourth-order valence-corrected chi connectivity index (χ4v) is 10.1. The Kier molecular flexibility index (Phi) is 11.3. The molecule has 2 unspecified atom stereocenters. The third-order valence-electron chi connectivity index (χ3n) is 5.19. The Hall–Kier alpha value is 0.370. The van der Waals surface area contributed by atoms with Crippen LogP contribution in [-0.2, 0) is 0 Å². The fraction of sp³-hybridized carbons (Fsp3) is 0.500. The quantitative estimate of drug-likeness (QED) is 0.235. The second kappa shape index (κ2) is 12.7. The number of hydrogen-bond acceptors (Lipinski definition) is 5. The van der Waals surface area contributed by atoms with Gasteiger partial charge in [0.25, 0.3) is 0 Å². The summed E-state index contributed by atoms with van der Waals surface area (Å²) in [6.45, 7) is 15.5. The molecule has 0 aromatic heterocycles. The third-order valence-corrected chi connectivity index (χ3v) is 11.6. The van der Waals surface area contributed by atoms with Crippen LogP contribution >= 0.6 is 63.3 Å². The SMILES string of the molecule is CCNC(C)(C)C(SSSC(c1ccc(Br)cc1)C(C)(C)NCC)c1ccc(Br)cc1. The highest BCUT2D eigenvalue weighted by Crippen LogP contribution is 2.55. The molecular weight excluding hydrogens is 572 g/mol. The molecule has 2 rings (SSSR count). The average molecular weight is 607 g/mol. The molecule has 0 fully saturated rings. The van der Waals surface area contributed by atoms with E-state index in [1.165, 1.54) is 11.1 Å². The molecule has 0 aliphatic rings. The molecular formula is C24H34Br2N2S3. The van der Waals surface area contributed by atoms with Crippen molar-refractivity contribution < 1.29 is 0 Å². The summed E-state index contributed by atoms with van der Waals surface area (Å²) in [5, 5.41) is 8.03. The van der Waals surface area contributed by atoms with Crippen molar-refractivity contribution in [2.75, 3.05) is 13.1 Å². The van der Waals surface area contributed by atoms with Gasteiger partial charge in [-0.1, -0.05) is 91.6 Å². The largest absolute Gasteiger partial charge is 0.311 e. The van der Waals surface area contributed by atoms with Crippen LogP contribution in [0.5, 0.6) is 0 Å². The van der Waals surface area contributed by atoms with E-state index in [9.17, 15) is 0 Å². The highest BCUT2D eigenvalue weighted by Gasteiger charge is 2.34. The molecule has 0 bridgehead atoms. The molecule has 7 heteroatoms. The van der Waals surface area contributed by atoms with Gasteiger partial charge in [-0.05, 0) is 86.0 Å². The molecule has 2 nitrogen and oxygen atoms in total. The van der Waals surface area contributed by atoms with E-state index in [0.29, 0.717) is 10.5 Å². The van der Waals surface area contributed by atoms with Gasteiger partial charge in [0, 0.05) is 20.0 Å². The predicted molar refractivity (Wildman–Crippen MR) is 152 cm³/mol. The molecule has 0 spiro atoms. The number of benzene rings is 2. The highest BCUT2D eigenvalue weighted by atomic mass is 79.9. The van der Waals surface area contributed by atoms with Crippen molar-refractivity contribution in [1.82, 2.24) is 10.6 Å². The van der Waals surface area contributed by atoms with Gasteiger partial charge in [-0.25, -0.2) is 0 Å². The van der Waals surface area contributed by atoms with E-state index in [1.807, 2.05) is 31.4 Å². The summed E-state index contributed by atoms with van der Waals surface area (Å²) in [4.78, 5) is 0. The van der Waals surface area contributed by atoms with Crippen LogP contribution < -0.4 is 10.6 Å². The van der Waals surface area contributed by atoms with Gasteiger partial charge in [-0.3, -0.25) is 0 Å². The van der Waals surface area contributed by atoms with Crippen LogP contribution in [-0.4, -0.2) is 24.2 Å². The lowest BCUT2D eigenvalue weighted by molar-refractivity contribution is 0.391. The monoisotopic (exact) mass is 604 g/mol. The first kappa shape index (κ1) is 27.6. The van der Waals surface area contributed by atoms with E-state index < -0.39 is 0 Å². The molecule has 2 atom stereocenters. The number of halogens is 2. The zero-order chi connectivity index (χ0) is 23.1. The molecule has 0 amide bonds. The number of likely N-dealkylation sites (N-methyl/N-ethyl adjacent to an activating group) is 2. The first-order chi connectivity index (χ1) is 14.6. The van der Waals surface area contributed by atoms with Gasteiger partial charge in [0.1, 0.15) is 0 Å². The minimum Gasteiger partial charge on any atom is -0.311 e. The van der Waals surface area contributed by atoms with Gasteiger partial charge in [-0.2, -0.15) is 0 Å². The maximum atomic E-state index is 3.69. The Labute approximate surface area is 217 Å². The smallest absolute Gasteiger partial charge is 0.0585 e. The summed E-state index contributed by atoms with van der Waals surface area (Å²) in [6, 6.07) is 17.5. The lowest BCUT2D eigenvalue weighted by Gasteiger charge is -2.37. The van der Waals surface area contributed by atoms with E-state index in [0.717, 1.165) is 22.0 Å². The summed E-state index contributed by atoms with van der Waals surface area (Å²) in [7, 11) is 5.81. The van der Waals surface area contributed by atoms with Crippen LogP contribution in [0.1, 0.15) is 63.2 Å². The average Bonchev–Trinajstić information content (AvgIpc) is 2.69. The van der Waals surface area contributed by atoms with Gasteiger partial charge < -0.3 is 10.6 Å². The first-order valence-electron chi connectivity index (χ1n) is 10.6. The Morgan fingerprint density at radius 1 is 0.677 bits per heavy atom. The molecule has 0 aliphatic carbocycles. The van der Waals surface area contributed by atoms with Gasteiger partial charge in [0.15, 0.2) is 0 Å². The second-order valence-electron chi connectivity index (χ2n) is 8.63. The molecule has 31 heavy (non-hydrogen) atoms. The van der Waals surface area contributed by atoms with Crippen LogP contribution in [0.2, 0.25) is 0 Å². The fourth-order valence-electron chi connectivity index (χ4n) is 3.66. The molecule has 2 aromatic carbocycles. The van der Waals surface area contributed by atoms with Crippen molar-refractivity contribution in [2.24, 2.45) is 0 Å². The van der Waals surface area contributed by atoms with Gasteiger partial charge >= 0.3 is 0 Å². The maximum absolute atomic E-state index is 3.69. The minimum absolute atomic E-state index is 0.0227. The standard InChI is InChI=1S/C24H34Br2N2S3/c1-7-27-23(3,4)21(17-9-13-19(25)14-10-17)29-31-30-22(24(5,6)28-8-2)18-11-15-20(26)16-12-18/h9-16,21-22,27-28H,7-8H2,1-6H3. The zero-order valence-electron chi connectivity index (χ0n) is 19.2. The molecule has 0 radical (unpaired) electrons. The van der Waals surface area contributed by atoms with Crippen molar-refractivity contribution in [2.45, 2.75) is 63.1 Å². The topological polar surface area (TPSA) is 24.1 Å². The molecule has 0 heterocycles. The Morgan fingerprint density at radius 3 is 1.29 bits per heavy atom. The summed E-state index contributed by atoms with van der Waals surface area (Å²) in [6.07, 6.45) is 0. The van der Waals surface area contributed by atoms with Crippen molar-refractivity contribution >= 4 is 63.3 Å². The predicted octanol–water partition coefficient (Wildman–Crippen LogP) is 8.80. The van der Waals surface area contributed by atoms with Crippen LogP contribution in [0.3, 0.4) is 0 Å². The lowest BCUT2D eigenvalue weighted by atomic mass is 9.94. The van der Waals surface area contributed by atoms with Crippen LogP contribution in [0.15, 0.2) is 57.5 Å². The second-order valence-corrected chi connectivity index (χ2v) is 14.7. The lowest BCUT2D eigenvalue weighted by Crippen LogP contribution is -2.43. The summed E-state index contributed by atoms with van der Waals surface area (Å²) in [5.41, 5.74) is 2.65. The van der Waals surface area contributed by atoms with E-state index >= 15 is 0 Å². The van der Waals surface area contributed by atoms with Crippen LogP contribution in [0.25, 0.3) is 0 Å². The van der Waals surface area contributed by atoms with E-state index in [1.54, 1.807) is 0 Å². The van der Waals surface area contributed by atoms with E-state index in [-0.39, 0.29) is 11.1 Å². The normalized spacial score (nSPS) is 14.5. The third kappa shape index (κ3) is 8.27. The summed E-state index contributed by atoms with van der Waals surface area (Å²) >= 11 is 7.15. The highest BCUT2D eigenvalue weighted by molar-refractivity contribution is 9.11. The molecule has 0 saturated carbocycles. The molecule has 2 aromatic rings. The van der Waals surface area contributed by atoms with Gasteiger partial charge in [0.2, 0.25) is 0 Å². The number of rotatable bonds is 12. The van der Waals surface area contributed by atoms with E-state index in [2.05, 4.69) is 133 Å². The summed E-state index contributed by atoms with van der Waals surface area (Å²) < 4.78 is 2.23. The summed E-state index contributed by atoms with van der Waals surface area (Å²) in [5.74, 6) is 0. The molecule has 172 valence electrons. The minimum atomic E-state index is -0.0227. The van der Waals surface area contributed by atoms with Crippen molar-refractivity contribution in [3.05, 3.63) is 68.6 Å². The number of hydrogen-bond donors (Lipinski definition) is 2. The van der Waals surface area contributed by atoms with E-state index in [4.69, 9.17) is 0 Å².